The second kappa shape index (κ2) is 7.00. The van der Waals surface area contributed by atoms with Crippen molar-refractivity contribution in [2.75, 3.05) is 0 Å². The van der Waals surface area contributed by atoms with E-state index in [-0.39, 0.29) is 5.78 Å². The van der Waals surface area contributed by atoms with Crippen molar-refractivity contribution in [3.05, 3.63) is 118 Å². The molecule has 134 valence electrons. The fourth-order valence-electron chi connectivity index (χ4n) is 4.71. The Balaban J connectivity index is 2.20. The Morgan fingerprint density at radius 2 is 1.74 bits per heavy atom. The third-order valence-corrected chi connectivity index (χ3v) is 5.74. The number of carbonyl (C=O) groups is 1. The van der Waals surface area contributed by atoms with E-state index in [0.29, 0.717) is 0 Å². The summed E-state index contributed by atoms with van der Waals surface area (Å²) in [6, 6.07) is 18.8. The van der Waals surface area contributed by atoms with Gasteiger partial charge in [0.2, 0.25) is 0 Å². The van der Waals surface area contributed by atoms with Crippen molar-refractivity contribution < 1.29 is 4.79 Å². The molecule has 0 aliphatic heterocycles. The molecule has 0 spiro atoms. The maximum absolute atomic E-state index is 13.3. The summed E-state index contributed by atoms with van der Waals surface area (Å²) in [5, 5.41) is 0. The van der Waals surface area contributed by atoms with Gasteiger partial charge in [-0.2, -0.15) is 0 Å². The van der Waals surface area contributed by atoms with Crippen molar-refractivity contribution in [2.24, 2.45) is 0 Å². The summed E-state index contributed by atoms with van der Waals surface area (Å²) in [6.07, 6.45) is 12.5. The van der Waals surface area contributed by atoms with Gasteiger partial charge in [-0.3, -0.25) is 4.79 Å². The van der Waals surface area contributed by atoms with E-state index in [2.05, 4.69) is 80.6 Å². The third-order valence-electron chi connectivity index (χ3n) is 5.74. The molecule has 0 saturated heterocycles. The highest BCUT2D eigenvalue weighted by Gasteiger charge is 2.47. The van der Waals surface area contributed by atoms with Crippen LogP contribution in [0.4, 0.5) is 0 Å². The minimum absolute atomic E-state index is 0.152. The Bertz CT molecular complexity index is 1000. The monoisotopic (exact) mass is 352 g/mol. The van der Waals surface area contributed by atoms with E-state index in [4.69, 9.17) is 0 Å². The first kappa shape index (κ1) is 17.5. The highest BCUT2D eigenvalue weighted by molar-refractivity contribution is 6.14. The van der Waals surface area contributed by atoms with E-state index in [0.717, 1.165) is 29.5 Å². The first-order valence-corrected chi connectivity index (χ1v) is 9.64. The van der Waals surface area contributed by atoms with E-state index in [1.807, 2.05) is 18.2 Å². The van der Waals surface area contributed by atoms with Gasteiger partial charge in [0.25, 0.3) is 0 Å². The van der Waals surface area contributed by atoms with Gasteiger partial charge in [0.1, 0.15) is 0 Å². The Hall–Kier alpha value is -2.93. The van der Waals surface area contributed by atoms with Gasteiger partial charge >= 0.3 is 0 Å². The summed E-state index contributed by atoms with van der Waals surface area (Å²) in [6.45, 7) is 4.15. The summed E-state index contributed by atoms with van der Waals surface area (Å²) >= 11 is 0. The largest absolute Gasteiger partial charge is 0.289 e. The second-order valence-corrected chi connectivity index (χ2v) is 7.07. The highest BCUT2D eigenvalue weighted by Crippen LogP contribution is 2.53. The fraction of sp³-hybridized carbons (Fsp3) is 0.192. The third kappa shape index (κ3) is 2.49. The average Bonchev–Trinajstić information content (AvgIpc) is 2.74. The molecule has 0 radical (unpaired) electrons. The van der Waals surface area contributed by atoms with E-state index in [1.54, 1.807) is 0 Å². The molecule has 0 fully saturated rings. The smallest absolute Gasteiger partial charge is 0.193 e. The molecule has 0 N–H and O–H groups in total. The first-order chi connectivity index (χ1) is 13.2. The number of fused-ring (bicyclic) bond motifs is 1. The van der Waals surface area contributed by atoms with E-state index in [9.17, 15) is 4.79 Å². The summed E-state index contributed by atoms with van der Waals surface area (Å²) in [4.78, 5) is 13.3. The van der Waals surface area contributed by atoms with Crippen molar-refractivity contribution in [3.63, 3.8) is 0 Å². The molecule has 2 aromatic rings. The number of rotatable bonds is 3. The molecule has 0 bridgehead atoms. The Morgan fingerprint density at radius 3 is 2.48 bits per heavy atom. The standard InChI is InChI=1S/C26H24O/c1-3-12-19(4-2)26(20-13-6-5-7-14-20)23-17-10-8-15-21(23)25(27)22-16-9-11-18-24(22)26/h3-10,12-17H,11,18H2,1-2H3/b12-3-,19-4+. The van der Waals surface area contributed by atoms with Crippen LogP contribution >= 0.6 is 0 Å². The SMILES string of the molecule is C/C=C\C(=C/C)C1(c2ccccc2)C2=C(C=CCC2)C(=O)c2ccccc21. The molecule has 2 aromatic carbocycles. The van der Waals surface area contributed by atoms with Crippen LogP contribution in [-0.2, 0) is 5.41 Å². The van der Waals surface area contributed by atoms with Crippen LogP contribution in [0.5, 0.6) is 0 Å². The van der Waals surface area contributed by atoms with Crippen molar-refractivity contribution in [1.29, 1.82) is 0 Å². The number of benzene rings is 2. The quantitative estimate of drug-likeness (QED) is 0.589. The van der Waals surface area contributed by atoms with Crippen molar-refractivity contribution in [1.82, 2.24) is 0 Å². The van der Waals surface area contributed by atoms with Gasteiger partial charge in [0.15, 0.2) is 5.78 Å². The van der Waals surface area contributed by atoms with Crippen LogP contribution in [0.1, 0.15) is 48.2 Å². The van der Waals surface area contributed by atoms with Crippen LogP contribution in [0.2, 0.25) is 0 Å². The van der Waals surface area contributed by atoms with Crippen LogP contribution in [-0.4, -0.2) is 5.78 Å². The van der Waals surface area contributed by atoms with Gasteiger partial charge in [0.05, 0.1) is 5.41 Å². The number of Topliss-reactive ketones (excluding diaryl/α,β-unsaturated/α-hetero) is 1. The number of ketones is 1. The Labute approximate surface area is 161 Å². The van der Waals surface area contributed by atoms with Crippen molar-refractivity contribution in [2.45, 2.75) is 32.1 Å². The predicted molar refractivity (Wildman–Crippen MR) is 112 cm³/mol. The molecule has 1 unspecified atom stereocenters. The fourth-order valence-corrected chi connectivity index (χ4v) is 4.71. The number of carbonyl (C=O) groups excluding carboxylic acids is 1. The molecule has 2 aliphatic rings. The predicted octanol–water partition coefficient (Wildman–Crippen LogP) is 6.34. The van der Waals surface area contributed by atoms with E-state index in [1.165, 1.54) is 16.7 Å². The van der Waals surface area contributed by atoms with Crippen LogP contribution in [0.25, 0.3) is 0 Å². The van der Waals surface area contributed by atoms with Crippen molar-refractivity contribution >= 4 is 5.78 Å². The number of allylic oxidation sites excluding steroid dienone is 8. The molecule has 4 rings (SSSR count). The molecule has 27 heavy (non-hydrogen) atoms. The molecular formula is C26H24O. The van der Waals surface area contributed by atoms with Crippen LogP contribution in [0.3, 0.4) is 0 Å². The van der Waals surface area contributed by atoms with Crippen LogP contribution < -0.4 is 0 Å². The summed E-state index contributed by atoms with van der Waals surface area (Å²) in [5.74, 6) is 0.152. The number of hydrogen-bond acceptors (Lipinski definition) is 1. The first-order valence-electron chi connectivity index (χ1n) is 9.64. The van der Waals surface area contributed by atoms with Gasteiger partial charge in [-0.1, -0.05) is 85.0 Å². The Kier molecular flexibility index (Phi) is 4.53. The molecule has 0 aromatic heterocycles. The molecular weight excluding hydrogens is 328 g/mol. The van der Waals surface area contributed by atoms with Gasteiger partial charge in [0, 0.05) is 11.1 Å². The molecule has 1 heteroatoms. The van der Waals surface area contributed by atoms with E-state index >= 15 is 0 Å². The van der Waals surface area contributed by atoms with Gasteiger partial charge in [-0.25, -0.2) is 0 Å². The minimum Gasteiger partial charge on any atom is -0.289 e. The van der Waals surface area contributed by atoms with Gasteiger partial charge in [-0.05, 0) is 49.0 Å². The van der Waals surface area contributed by atoms with Crippen molar-refractivity contribution in [3.8, 4) is 0 Å². The molecule has 0 saturated carbocycles. The van der Waals surface area contributed by atoms with Crippen LogP contribution in [0.15, 0.2) is 102 Å². The zero-order valence-corrected chi connectivity index (χ0v) is 15.9. The lowest BCUT2D eigenvalue weighted by molar-refractivity contribution is 0.103. The normalized spacial score (nSPS) is 22.1. The summed E-state index contributed by atoms with van der Waals surface area (Å²) in [5.41, 5.74) is 6.03. The molecule has 2 aliphatic carbocycles. The maximum Gasteiger partial charge on any atom is 0.193 e. The molecule has 0 amide bonds. The zero-order chi connectivity index (χ0) is 18.9. The average molecular weight is 352 g/mol. The summed E-state index contributed by atoms with van der Waals surface area (Å²) in [7, 11) is 0. The molecule has 1 atom stereocenters. The summed E-state index contributed by atoms with van der Waals surface area (Å²) < 4.78 is 0. The lowest BCUT2D eigenvalue weighted by atomic mass is 9.57. The maximum atomic E-state index is 13.3. The van der Waals surface area contributed by atoms with Crippen LogP contribution in [0, 0.1) is 0 Å². The highest BCUT2D eigenvalue weighted by atomic mass is 16.1. The number of hydrogen-bond donors (Lipinski definition) is 0. The van der Waals surface area contributed by atoms with E-state index < -0.39 is 5.41 Å². The lowest BCUT2D eigenvalue weighted by Crippen LogP contribution is -2.39. The minimum atomic E-state index is -0.423. The topological polar surface area (TPSA) is 17.1 Å². The molecule has 0 heterocycles. The van der Waals surface area contributed by atoms with Gasteiger partial charge in [-0.15, -0.1) is 0 Å². The Morgan fingerprint density at radius 1 is 1.00 bits per heavy atom. The van der Waals surface area contributed by atoms with Gasteiger partial charge < -0.3 is 0 Å². The lowest BCUT2D eigenvalue weighted by Gasteiger charge is -2.44. The second-order valence-electron chi connectivity index (χ2n) is 7.07. The zero-order valence-electron chi connectivity index (χ0n) is 15.9. The molecule has 1 nitrogen and oxygen atoms in total.